The molecule has 4 rings (SSSR count). The molecule has 0 radical (unpaired) electrons. The van der Waals surface area contributed by atoms with Crippen LogP contribution in [0.5, 0.6) is 11.5 Å². The molecule has 0 aliphatic carbocycles. The summed E-state index contributed by atoms with van der Waals surface area (Å²) in [6, 6.07) is 10.1. The predicted octanol–water partition coefficient (Wildman–Crippen LogP) is 5.46. The highest BCUT2D eigenvalue weighted by molar-refractivity contribution is 6.16. The average molecular weight is 434 g/mol. The fourth-order valence-corrected chi connectivity index (χ4v) is 4.59. The number of carbonyl (C=O) groups is 1. The van der Waals surface area contributed by atoms with Crippen LogP contribution in [-0.2, 0) is 17.6 Å². The Morgan fingerprint density at radius 2 is 1.88 bits per heavy atom. The second kappa shape index (κ2) is 7.80. The van der Waals surface area contributed by atoms with Crippen LogP contribution in [0, 0.1) is 0 Å². The van der Waals surface area contributed by atoms with Gasteiger partial charge in [0.05, 0.1) is 17.9 Å². The van der Waals surface area contributed by atoms with Crippen LogP contribution >= 0.6 is 0 Å². The van der Waals surface area contributed by atoms with Gasteiger partial charge in [0.1, 0.15) is 5.60 Å². The molecule has 0 atom stereocenters. The van der Waals surface area contributed by atoms with Gasteiger partial charge in [-0.3, -0.25) is 4.99 Å². The van der Waals surface area contributed by atoms with E-state index in [4.69, 9.17) is 19.6 Å². The molecule has 5 heteroatoms. The Labute approximate surface area is 189 Å². The van der Waals surface area contributed by atoms with Crippen LogP contribution in [0.15, 0.2) is 40.9 Å². The molecule has 0 aromatic heterocycles. The number of hydrogen-bond donors (Lipinski definition) is 1. The zero-order valence-corrected chi connectivity index (χ0v) is 19.7. The summed E-state index contributed by atoms with van der Waals surface area (Å²) in [5.74, 6) is 0.734. The molecule has 0 spiro atoms. The third kappa shape index (κ3) is 4.16. The van der Waals surface area contributed by atoms with Crippen molar-refractivity contribution in [3.8, 4) is 11.5 Å². The van der Waals surface area contributed by atoms with Crippen LogP contribution in [0.25, 0.3) is 6.08 Å². The van der Waals surface area contributed by atoms with Gasteiger partial charge >= 0.3 is 5.97 Å². The first kappa shape index (κ1) is 22.1. The Kier molecular flexibility index (Phi) is 5.40. The van der Waals surface area contributed by atoms with Crippen molar-refractivity contribution < 1.29 is 19.4 Å². The lowest BCUT2D eigenvalue weighted by atomic mass is 9.81. The van der Waals surface area contributed by atoms with E-state index in [1.807, 2.05) is 31.2 Å². The fourth-order valence-electron chi connectivity index (χ4n) is 4.59. The third-order valence-electron chi connectivity index (χ3n) is 5.89. The molecule has 2 aromatic rings. The molecule has 5 nitrogen and oxygen atoms in total. The summed E-state index contributed by atoms with van der Waals surface area (Å²) < 4.78 is 12.3. The molecule has 2 aromatic carbocycles. The van der Waals surface area contributed by atoms with Gasteiger partial charge in [0.25, 0.3) is 0 Å². The summed E-state index contributed by atoms with van der Waals surface area (Å²) in [6.45, 7) is 12.7. The van der Waals surface area contributed by atoms with Crippen LogP contribution in [0.4, 0.5) is 0 Å². The van der Waals surface area contributed by atoms with Gasteiger partial charge in [-0.2, -0.15) is 0 Å². The highest BCUT2D eigenvalue weighted by atomic mass is 16.5. The van der Waals surface area contributed by atoms with Crippen molar-refractivity contribution in [2.75, 3.05) is 6.61 Å². The minimum absolute atomic E-state index is 0.243. The summed E-state index contributed by atoms with van der Waals surface area (Å²) in [5, 5.41) is 9.15. The number of fused-ring (bicyclic) bond motifs is 3. The first-order valence-corrected chi connectivity index (χ1v) is 11.1. The molecular formula is C27H31NO4. The smallest absolute Gasteiger partial charge is 0.331 e. The molecule has 2 aliphatic rings. The Morgan fingerprint density at radius 1 is 1.19 bits per heavy atom. The number of carboxylic acid groups (broad SMARTS) is 1. The second-order valence-corrected chi connectivity index (χ2v) is 9.89. The van der Waals surface area contributed by atoms with Crippen molar-refractivity contribution in [3.63, 3.8) is 0 Å². The first-order valence-electron chi connectivity index (χ1n) is 11.1. The van der Waals surface area contributed by atoms with Gasteiger partial charge in [-0.15, -0.1) is 0 Å². The standard InChI is InChI=1S/C27H31NO4/c1-7-31-21-13-19-14-26(3,4)28-23(22(19)20-15-27(5,6)32-24(20)21)18-10-8-17(9-11-18)12-16(2)25(29)30/h8-13H,7,14-15H2,1-6H3,(H,29,30). The summed E-state index contributed by atoms with van der Waals surface area (Å²) in [4.78, 5) is 16.3. The van der Waals surface area contributed by atoms with E-state index in [2.05, 4.69) is 33.8 Å². The van der Waals surface area contributed by atoms with Crippen LogP contribution < -0.4 is 9.47 Å². The number of hydrogen-bond acceptors (Lipinski definition) is 4. The molecule has 32 heavy (non-hydrogen) atoms. The molecule has 0 unspecified atom stereocenters. The van der Waals surface area contributed by atoms with Crippen molar-refractivity contribution in [2.24, 2.45) is 4.99 Å². The molecular weight excluding hydrogens is 402 g/mol. The molecule has 0 saturated heterocycles. The highest BCUT2D eigenvalue weighted by Crippen LogP contribution is 2.48. The van der Waals surface area contributed by atoms with E-state index in [0.29, 0.717) is 12.2 Å². The van der Waals surface area contributed by atoms with Crippen LogP contribution in [-0.4, -0.2) is 34.5 Å². The van der Waals surface area contributed by atoms with Gasteiger partial charge in [-0.1, -0.05) is 24.3 Å². The number of carboxylic acids is 1. The number of aliphatic carboxylic acids is 1. The van der Waals surface area contributed by atoms with Gasteiger partial charge in [-0.05, 0) is 71.2 Å². The van der Waals surface area contributed by atoms with E-state index in [1.54, 1.807) is 13.0 Å². The summed E-state index contributed by atoms with van der Waals surface area (Å²) in [7, 11) is 0. The van der Waals surface area contributed by atoms with E-state index in [-0.39, 0.29) is 11.1 Å². The van der Waals surface area contributed by atoms with Gasteiger partial charge in [0.15, 0.2) is 11.5 Å². The van der Waals surface area contributed by atoms with Gasteiger partial charge in [0.2, 0.25) is 0 Å². The molecule has 0 amide bonds. The Hall–Kier alpha value is -3.08. The van der Waals surface area contributed by atoms with Crippen molar-refractivity contribution in [3.05, 3.63) is 63.7 Å². The van der Waals surface area contributed by atoms with E-state index in [0.717, 1.165) is 52.3 Å². The maximum Gasteiger partial charge on any atom is 0.331 e. The van der Waals surface area contributed by atoms with Crippen molar-refractivity contribution >= 4 is 17.8 Å². The maximum absolute atomic E-state index is 11.2. The Bertz CT molecular complexity index is 1140. The van der Waals surface area contributed by atoms with E-state index in [1.165, 1.54) is 5.56 Å². The quantitative estimate of drug-likeness (QED) is 0.636. The van der Waals surface area contributed by atoms with E-state index < -0.39 is 5.97 Å². The number of benzene rings is 2. The monoisotopic (exact) mass is 433 g/mol. The molecule has 2 heterocycles. The maximum atomic E-state index is 11.2. The minimum Gasteiger partial charge on any atom is -0.490 e. The summed E-state index contributed by atoms with van der Waals surface area (Å²) >= 11 is 0. The molecule has 0 bridgehead atoms. The van der Waals surface area contributed by atoms with Crippen molar-refractivity contribution in [1.82, 2.24) is 0 Å². The largest absolute Gasteiger partial charge is 0.490 e. The molecule has 0 fully saturated rings. The number of ether oxygens (including phenoxy) is 2. The van der Waals surface area contributed by atoms with Crippen LogP contribution in [0.2, 0.25) is 0 Å². The van der Waals surface area contributed by atoms with Gasteiger partial charge in [-0.25, -0.2) is 4.79 Å². The molecule has 168 valence electrons. The lowest BCUT2D eigenvalue weighted by molar-refractivity contribution is -0.132. The molecule has 0 saturated carbocycles. The average Bonchev–Trinajstić information content (AvgIpc) is 3.02. The third-order valence-corrected chi connectivity index (χ3v) is 5.89. The van der Waals surface area contributed by atoms with Crippen molar-refractivity contribution in [1.29, 1.82) is 0 Å². The lowest BCUT2D eigenvalue weighted by Gasteiger charge is -2.31. The zero-order valence-electron chi connectivity index (χ0n) is 19.7. The summed E-state index contributed by atoms with van der Waals surface area (Å²) in [5.41, 5.74) is 6.13. The van der Waals surface area contributed by atoms with Gasteiger partial charge in [0, 0.05) is 28.7 Å². The number of nitrogens with zero attached hydrogens (tertiary/aromatic N) is 1. The SMILES string of the molecule is CCOc1cc2c(c3c1OC(C)(C)C3)C(c1ccc(C=C(C)C(=O)O)cc1)=NC(C)(C)C2. The topological polar surface area (TPSA) is 68.1 Å². The normalized spacial score (nSPS) is 18.3. The molecule has 1 N–H and O–H groups in total. The number of aliphatic imine (C=N–C) groups is 1. The fraction of sp³-hybridized carbons (Fsp3) is 0.407. The van der Waals surface area contributed by atoms with Crippen LogP contribution in [0.3, 0.4) is 0 Å². The minimum atomic E-state index is -0.912. The van der Waals surface area contributed by atoms with E-state index in [9.17, 15) is 4.79 Å². The summed E-state index contributed by atoms with van der Waals surface area (Å²) in [6.07, 6.45) is 3.30. The predicted molar refractivity (Wildman–Crippen MR) is 127 cm³/mol. The number of rotatable bonds is 5. The zero-order chi connectivity index (χ0) is 23.3. The van der Waals surface area contributed by atoms with Crippen molar-refractivity contribution in [2.45, 2.75) is 65.5 Å². The Balaban J connectivity index is 1.85. The second-order valence-electron chi connectivity index (χ2n) is 9.89. The van der Waals surface area contributed by atoms with E-state index >= 15 is 0 Å². The lowest BCUT2D eigenvalue weighted by Crippen LogP contribution is -2.30. The molecule has 2 aliphatic heterocycles. The van der Waals surface area contributed by atoms with Gasteiger partial charge < -0.3 is 14.6 Å². The van der Waals surface area contributed by atoms with Crippen LogP contribution in [0.1, 0.15) is 69.4 Å². The highest BCUT2D eigenvalue weighted by Gasteiger charge is 2.39. The Morgan fingerprint density at radius 3 is 2.50 bits per heavy atom. The first-order chi connectivity index (χ1) is 15.0.